The maximum atomic E-state index is 13.5. The van der Waals surface area contributed by atoms with Gasteiger partial charge in [0.1, 0.15) is 17.2 Å². The predicted octanol–water partition coefficient (Wildman–Crippen LogP) is 5.36. The molecule has 1 heterocycles. The van der Waals surface area contributed by atoms with E-state index in [0.717, 1.165) is 33.2 Å². The third-order valence-electron chi connectivity index (χ3n) is 5.88. The first-order valence-electron chi connectivity index (χ1n) is 10.5. The number of rotatable bonds is 6. The van der Waals surface area contributed by atoms with E-state index in [9.17, 15) is 4.79 Å². The quantitative estimate of drug-likeness (QED) is 0.414. The standard InChI is InChI=1S/C27H27NO4/c1-17-7-6-8-18(2)26(17)24-16-28(15-19-9-10-21(31-4)14-25(19)32-5)27(29)23-13-20(30-3)11-12-22(23)24/h6-14,16H,15H2,1-5H3. The molecule has 0 unspecified atom stereocenters. The number of hydrogen-bond donors (Lipinski definition) is 0. The third-order valence-corrected chi connectivity index (χ3v) is 5.88. The summed E-state index contributed by atoms with van der Waals surface area (Å²) in [5.41, 5.74) is 5.30. The van der Waals surface area contributed by atoms with Crippen LogP contribution in [0.3, 0.4) is 0 Å². The highest BCUT2D eigenvalue weighted by Gasteiger charge is 2.16. The van der Waals surface area contributed by atoms with Crippen LogP contribution in [0.5, 0.6) is 17.2 Å². The van der Waals surface area contributed by atoms with E-state index < -0.39 is 0 Å². The molecule has 0 amide bonds. The van der Waals surface area contributed by atoms with Crippen LogP contribution in [0.25, 0.3) is 21.9 Å². The lowest BCUT2D eigenvalue weighted by molar-refractivity contribution is 0.390. The molecular formula is C27H27NO4. The second-order valence-corrected chi connectivity index (χ2v) is 7.83. The van der Waals surface area contributed by atoms with Crippen molar-refractivity contribution >= 4 is 10.8 Å². The number of methoxy groups -OCH3 is 3. The van der Waals surface area contributed by atoms with Crippen LogP contribution < -0.4 is 19.8 Å². The maximum absolute atomic E-state index is 13.5. The van der Waals surface area contributed by atoms with Crippen molar-refractivity contribution < 1.29 is 14.2 Å². The monoisotopic (exact) mass is 429 g/mol. The van der Waals surface area contributed by atoms with E-state index in [1.54, 1.807) is 25.9 Å². The number of ether oxygens (including phenoxy) is 3. The lowest BCUT2D eigenvalue weighted by Crippen LogP contribution is -2.21. The molecule has 3 aromatic carbocycles. The van der Waals surface area contributed by atoms with Gasteiger partial charge in [-0.05, 0) is 66.3 Å². The smallest absolute Gasteiger partial charge is 0.258 e. The summed E-state index contributed by atoms with van der Waals surface area (Å²) in [7, 11) is 4.85. The van der Waals surface area contributed by atoms with Crippen LogP contribution >= 0.6 is 0 Å². The highest BCUT2D eigenvalue weighted by molar-refractivity contribution is 5.97. The normalized spacial score (nSPS) is 10.9. The van der Waals surface area contributed by atoms with Crippen molar-refractivity contribution in [2.24, 2.45) is 0 Å². The van der Waals surface area contributed by atoms with Crippen molar-refractivity contribution in [3.63, 3.8) is 0 Å². The summed E-state index contributed by atoms with van der Waals surface area (Å²) in [5, 5.41) is 1.53. The summed E-state index contributed by atoms with van der Waals surface area (Å²) >= 11 is 0. The summed E-state index contributed by atoms with van der Waals surface area (Å²) < 4.78 is 18.0. The van der Waals surface area contributed by atoms with Gasteiger partial charge in [-0.1, -0.05) is 18.2 Å². The molecule has 0 spiro atoms. The summed E-state index contributed by atoms with van der Waals surface area (Å²) in [6.45, 7) is 4.57. The summed E-state index contributed by atoms with van der Waals surface area (Å²) in [6.07, 6.45) is 1.95. The molecule has 0 aliphatic heterocycles. The predicted molar refractivity (Wildman–Crippen MR) is 128 cm³/mol. The Morgan fingerprint density at radius 3 is 2.09 bits per heavy atom. The first-order chi connectivity index (χ1) is 15.5. The Morgan fingerprint density at radius 2 is 1.44 bits per heavy atom. The first kappa shape index (κ1) is 21.5. The molecule has 0 bridgehead atoms. The van der Waals surface area contributed by atoms with E-state index in [1.165, 1.54) is 0 Å². The van der Waals surface area contributed by atoms with Crippen molar-refractivity contribution in [3.05, 3.63) is 87.8 Å². The Bertz CT molecular complexity index is 1330. The van der Waals surface area contributed by atoms with Gasteiger partial charge in [-0.2, -0.15) is 0 Å². The van der Waals surface area contributed by atoms with Gasteiger partial charge in [0.2, 0.25) is 0 Å². The molecule has 0 saturated carbocycles. The van der Waals surface area contributed by atoms with Gasteiger partial charge in [-0.3, -0.25) is 4.79 Å². The lowest BCUT2D eigenvalue weighted by Gasteiger charge is -2.17. The number of fused-ring (bicyclic) bond motifs is 1. The average molecular weight is 430 g/mol. The molecule has 5 heteroatoms. The number of benzene rings is 3. The Kier molecular flexibility index (Phi) is 5.91. The van der Waals surface area contributed by atoms with Gasteiger partial charge in [-0.25, -0.2) is 0 Å². The van der Waals surface area contributed by atoms with E-state index in [2.05, 4.69) is 32.0 Å². The van der Waals surface area contributed by atoms with Crippen molar-refractivity contribution in [1.29, 1.82) is 0 Å². The number of pyridine rings is 1. The molecule has 0 saturated heterocycles. The third kappa shape index (κ3) is 3.82. The zero-order chi connectivity index (χ0) is 22.8. The molecule has 0 radical (unpaired) electrons. The Balaban J connectivity index is 1.98. The molecule has 0 fully saturated rings. The fourth-order valence-corrected chi connectivity index (χ4v) is 4.22. The van der Waals surface area contributed by atoms with Gasteiger partial charge in [0.25, 0.3) is 5.56 Å². The molecule has 5 nitrogen and oxygen atoms in total. The van der Waals surface area contributed by atoms with E-state index in [-0.39, 0.29) is 5.56 Å². The van der Waals surface area contributed by atoms with Gasteiger partial charge >= 0.3 is 0 Å². The number of aromatic nitrogens is 1. The SMILES string of the molecule is COc1ccc(Cn2cc(-c3c(C)cccc3C)c3ccc(OC)cc3c2=O)c(OC)c1. The molecule has 4 rings (SSSR count). The zero-order valence-electron chi connectivity index (χ0n) is 19.1. The maximum Gasteiger partial charge on any atom is 0.258 e. The minimum absolute atomic E-state index is 0.0771. The van der Waals surface area contributed by atoms with E-state index in [1.807, 2.05) is 42.6 Å². The molecule has 0 aliphatic carbocycles. The van der Waals surface area contributed by atoms with Gasteiger partial charge in [-0.15, -0.1) is 0 Å². The minimum atomic E-state index is -0.0771. The molecule has 0 aliphatic rings. The number of hydrogen-bond acceptors (Lipinski definition) is 4. The van der Waals surface area contributed by atoms with Crippen molar-refractivity contribution in [3.8, 4) is 28.4 Å². The molecule has 4 aromatic rings. The molecule has 164 valence electrons. The van der Waals surface area contributed by atoms with Crippen molar-refractivity contribution in [2.75, 3.05) is 21.3 Å². The van der Waals surface area contributed by atoms with E-state index in [4.69, 9.17) is 14.2 Å². The molecule has 32 heavy (non-hydrogen) atoms. The van der Waals surface area contributed by atoms with Crippen LogP contribution in [0, 0.1) is 13.8 Å². The average Bonchev–Trinajstić information content (AvgIpc) is 2.81. The largest absolute Gasteiger partial charge is 0.497 e. The second kappa shape index (κ2) is 8.79. The van der Waals surface area contributed by atoms with E-state index >= 15 is 0 Å². The van der Waals surface area contributed by atoms with Crippen LogP contribution in [0.2, 0.25) is 0 Å². The summed E-state index contributed by atoms with van der Waals surface area (Å²) in [5.74, 6) is 2.04. The van der Waals surface area contributed by atoms with Crippen molar-refractivity contribution in [2.45, 2.75) is 20.4 Å². The number of aryl methyl sites for hydroxylation is 2. The minimum Gasteiger partial charge on any atom is -0.497 e. The molecule has 0 N–H and O–H groups in total. The first-order valence-corrected chi connectivity index (χ1v) is 10.5. The van der Waals surface area contributed by atoms with Gasteiger partial charge in [0.15, 0.2) is 0 Å². The van der Waals surface area contributed by atoms with Crippen LogP contribution in [0.1, 0.15) is 16.7 Å². The fourth-order valence-electron chi connectivity index (χ4n) is 4.22. The summed E-state index contributed by atoms with van der Waals surface area (Å²) in [4.78, 5) is 13.5. The fraction of sp³-hybridized carbons (Fsp3) is 0.222. The van der Waals surface area contributed by atoms with Crippen LogP contribution in [0.15, 0.2) is 65.6 Å². The zero-order valence-corrected chi connectivity index (χ0v) is 19.1. The highest BCUT2D eigenvalue weighted by Crippen LogP contribution is 2.34. The Hall–Kier alpha value is -3.73. The molecular weight excluding hydrogens is 402 g/mol. The van der Waals surface area contributed by atoms with Gasteiger partial charge in [0, 0.05) is 23.4 Å². The Morgan fingerprint density at radius 1 is 0.781 bits per heavy atom. The van der Waals surface area contributed by atoms with Gasteiger partial charge in [0.05, 0.1) is 33.3 Å². The second-order valence-electron chi connectivity index (χ2n) is 7.83. The van der Waals surface area contributed by atoms with Gasteiger partial charge < -0.3 is 18.8 Å². The Labute approximate surface area is 187 Å². The summed E-state index contributed by atoms with van der Waals surface area (Å²) in [6, 6.07) is 17.6. The topological polar surface area (TPSA) is 49.7 Å². The van der Waals surface area contributed by atoms with Crippen LogP contribution in [0.4, 0.5) is 0 Å². The lowest BCUT2D eigenvalue weighted by atomic mass is 9.93. The molecule has 0 atom stereocenters. The number of nitrogens with zero attached hydrogens (tertiary/aromatic N) is 1. The van der Waals surface area contributed by atoms with Crippen LogP contribution in [-0.2, 0) is 6.54 Å². The van der Waals surface area contributed by atoms with Crippen molar-refractivity contribution in [1.82, 2.24) is 4.57 Å². The van der Waals surface area contributed by atoms with Crippen LogP contribution in [-0.4, -0.2) is 25.9 Å². The molecule has 1 aromatic heterocycles. The van der Waals surface area contributed by atoms with E-state index in [0.29, 0.717) is 29.2 Å². The highest BCUT2D eigenvalue weighted by atomic mass is 16.5.